The van der Waals surface area contributed by atoms with E-state index in [2.05, 4.69) is 5.32 Å². The fourth-order valence-corrected chi connectivity index (χ4v) is 3.18. The van der Waals surface area contributed by atoms with Gasteiger partial charge in [-0.2, -0.15) is 0 Å². The van der Waals surface area contributed by atoms with Gasteiger partial charge in [-0.25, -0.2) is 0 Å². The number of rotatable bonds is 7. The van der Waals surface area contributed by atoms with E-state index in [0.717, 1.165) is 11.4 Å². The molecule has 2 amide bonds. The number of benzene rings is 2. The lowest BCUT2D eigenvalue weighted by molar-refractivity contribution is -0.122. The number of nitrogens with zero attached hydrogens (tertiary/aromatic N) is 1. The monoisotopic (exact) mass is 384 g/mol. The molecule has 7 nitrogen and oxygen atoms in total. The summed E-state index contributed by atoms with van der Waals surface area (Å²) in [6, 6.07) is 12.5. The highest BCUT2D eigenvalue weighted by Gasteiger charge is 2.35. The minimum atomic E-state index is -0.424. The standard InChI is InChI=1S/C21H24N2O5/c1-4-28-17-8-6-16(7-9-17)23-13-14(11-20(23)24)21(25)22-15-5-10-18(26-2)19(12-15)27-3/h5-10,12,14H,4,11,13H2,1-3H3,(H,22,25). The smallest absolute Gasteiger partial charge is 0.229 e. The van der Waals surface area contributed by atoms with Crippen molar-refractivity contribution in [1.29, 1.82) is 0 Å². The molecule has 7 heteroatoms. The predicted molar refractivity (Wildman–Crippen MR) is 106 cm³/mol. The van der Waals surface area contributed by atoms with E-state index in [1.807, 2.05) is 31.2 Å². The molecule has 1 saturated heterocycles. The van der Waals surface area contributed by atoms with Crippen molar-refractivity contribution in [2.45, 2.75) is 13.3 Å². The summed E-state index contributed by atoms with van der Waals surface area (Å²) in [5.74, 6) is 1.16. The van der Waals surface area contributed by atoms with Crippen LogP contribution in [0.15, 0.2) is 42.5 Å². The molecular formula is C21H24N2O5. The van der Waals surface area contributed by atoms with Crippen LogP contribution in [0.1, 0.15) is 13.3 Å². The van der Waals surface area contributed by atoms with E-state index in [0.29, 0.717) is 30.3 Å². The van der Waals surface area contributed by atoms with Gasteiger partial charge in [0.05, 0.1) is 26.7 Å². The first-order chi connectivity index (χ1) is 13.5. The van der Waals surface area contributed by atoms with E-state index < -0.39 is 5.92 Å². The van der Waals surface area contributed by atoms with E-state index >= 15 is 0 Å². The number of carbonyl (C=O) groups excluding carboxylic acids is 2. The van der Waals surface area contributed by atoms with Crippen molar-refractivity contribution in [2.24, 2.45) is 5.92 Å². The van der Waals surface area contributed by atoms with Gasteiger partial charge in [-0.05, 0) is 43.3 Å². The fourth-order valence-electron chi connectivity index (χ4n) is 3.18. The van der Waals surface area contributed by atoms with Crippen molar-refractivity contribution in [3.63, 3.8) is 0 Å². The minimum Gasteiger partial charge on any atom is -0.494 e. The van der Waals surface area contributed by atoms with Crippen molar-refractivity contribution in [3.05, 3.63) is 42.5 Å². The molecule has 0 saturated carbocycles. The molecule has 2 aromatic rings. The topological polar surface area (TPSA) is 77.1 Å². The van der Waals surface area contributed by atoms with Gasteiger partial charge < -0.3 is 24.4 Å². The molecule has 2 aromatic carbocycles. The van der Waals surface area contributed by atoms with Gasteiger partial charge in [0.2, 0.25) is 11.8 Å². The Hall–Kier alpha value is -3.22. The van der Waals surface area contributed by atoms with Crippen LogP contribution in [0.2, 0.25) is 0 Å². The maximum absolute atomic E-state index is 12.6. The number of hydrogen-bond donors (Lipinski definition) is 1. The molecule has 0 bridgehead atoms. The third kappa shape index (κ3) is 4.19. The first-order valence-electron chi connectivity index (χ1n) is 9.11. The molecule has 1 fully saturated rings. The van der Waals surface area contributed by atoms with Crippen molar-refractivity contribution in [3.8, 4) is 17.2 Å². The highest BCUT2D eigenvalue weighted by atomic mass is 16.5. The van der Waals surface area contributed by atoms with E-state index in [1.165, 1.54) is 7.11 Å². The first-order valence-corrected chi connectivity index (χ1v) is 9.11. The van der Waals surface area contributed by atoms with Gasteiger partial charge in [0.1, 0.15) is 5.75 Å². The average molecular weight is 384 g/mol. The SMILES string of the molecule is CCOc1ccc(N2CC(C(=O)Nc3ccc(OC)c(OC)c3)CC2=O)cc1. The third-order valence-corrected chi connectivity index (χ3v) is 4.61. The van der Waals surface area contributed by atoms with Crippen LogP contribution in [0.3, 0.4) is 0 Å². The second kappa shape index (κ2) is 8.65. The highest BCUT2D eigenvalue weighted by molar-refractivity contribution is 6.03. The Bertz CT molecular complexity index is 850. The van der Waals surface area contributed by atoms with E-state index in [9.17, 15) is 9.59 Å². The van der Waals surface area contributed by atoms with Crippen LogP contribution in [0.5, 0.6) is 17.2 Å². The quantitative estimate of drug-likeness (QED) is 0.794. The Morgan fingerprint density at radius 1 is 1.11 bits per heavy atom. The van der Waals surface area contributed by atoms with Crippen molar-refractivity contribution >= 4 is 23.2 Å². The number of carbonyl (C=O) groups is 2. The van der Waals surface area contributed by atoms with Crippen molar-refractivity contribution in [2.75, 3.05) is 37.6 Å². The van der Waals surface area contributed by atoms with Crippen LogP contribution in [0.25, 0.3) is 0 Å². The zero-order chi connectivity index (χ0) is 20.1. The zero-order valence-corrected chi connectivity index (χ0v) is 16.2. The van der Waals surface area contributed by atoms with Crippen LogP contribution in [0.4, 0.5) is 11.4 Å². The molecule has 1 atom stereocenters. The molecule has 0 spiro atoms. The van der Waals surface area contributed by atoms with Gasteiger partial charge in [-0.3, -0.25) is 9.59 Å². The summed E-state index contributed by atoms with van der Waals surface area (Å²) in [6.45, 7) is 2.84. The van der Waals surface area contributed by atoms with Crippen LogP contribution in [0, 0.1) is 5.92 Å². The molecule has 1 N–H and O–H groups in total. The average Bonchev–Trinajstić information content (AvgIpc) is 3.10. The number of nitrogens with one attached hydrogen (secondary N) is 1. The lowest BCUT2D eigenvalue weighted by Crippen LogP contribution is -2.28. The number of ether oxygens (including phenoxy) is 3. The fraction of sp³-hybridized carbons (Fsp3) is 0.333. The molecule has 1 unspecified atom stereocenters. The molecule has 28 heavy (non-hydrogen) atoms. The van der Waals surface area contributed by atoms with Gasteiger partial charge >= 0.3 is 0 Å². The maximum atomic E-state index is 12.6. The van der Waals surface area contributed by atoms with E-state index in [4.69, 9.17) is 14.2 Å². The second-order valence-corrected chi connectivity index (χ2v) is 6.39. The van der Waals surface area contributed by atoms with Crippen LogP contribution < -0.4 is 24.4 Å². The van der Waals surface area contributed by atoms with Crippen molar-refractivity contribution < 1.29 is 23.8 Å². The summed E-state index contributed by atoms with van der Waals surface area (Å²) >= 11 is 0. The largest absolute Gasteiger partial charge is 0.494 e. The third-order valence-electron chi connectivity index (χ3n) is 4.61. The summed E-state index contributed by atoms with van der Waals surface area (Å²) in [4.78, 5) is 26.7. The lowest BCUT2D eigenvalue weighted by Gasteiger charge is -2.17. The summed E-state index contributed by atoms with van der Waals surface area (Å²) in [7, 11) is 3.09. The molecule has 0 aliphatic carbocycles. The Morgan fingerprint density at radius 3 is 2.46 bits per heavy atom. The maximum Gasteiger partial charge on any atom is 0.229 e. The normalized spacial score (nSPS) is 16.0. The lowest BCUT2D eigenvalue weighted by atomic mass is 10.1. The van der Waals surface area contributed by atoms with Crippen LogP contribution in [-0.2, 0) is 9.59 Å². The summed E-state index contributed by atoms with van der Waals surface area (Å²) in [6.07, 6.45) is 0.173. The molecule has 1 heterocycles. The van der Waals surface area contributed by atoms with Crippen LogP contribution >= 0.6 is 0 Å². The Labute approximate surface area is 164 Å². The molecule has 148 valence electrons. The minimum absolute atomic E-state index is 0.0726. The first kappa shape index (κ1) is 19.5. The summed E-state index contributed by atoms with van der Waals surface area (Å²) in [5, 5.41) is 2.85. The Kier molecular flexibility index (Phi) is 6.03. The van der Waals surface area contributed by atoms with Gasteiger partial charge in [-0.15, -0.1) is 0 Å². The van der Waals surface area contributed by atoms with Gasteiger partial charge in [0.15, 0.2) is 11.5 Å². The van der Waals surface area contributed by atoms with E-state index in [1.54, 1.807) is 30.2 Å². The number of anilines is 2. The number of amides is 2. The second-order valence-electron chi connectivity index (χ2n) is 6.39. The van der Waals surface area contributed by atoms with Gasteiger partial charge in [0.25, 0.3) is 0 Å². The molecule has 0 aromatic heterocycles. The predicted octanol–water partition coefficient (Wildman–Crippen LogP) is 3.09. The molecule has 1 aliphatic heterocycles. The van der Waals surface area contributed by atoms with E-state index in [-0.39, 0.29) is 18.2 Å². The molecule has 3 rings (SSSR count). The molecular weight excluding hydrogens is 360 g/mol. The number of hydrogen-bond acceptors (Lipinski definition) is 5. The Balaban J connectivity index is 1.66. The summed E-state index contributed by atoms with van der Waals surface area (Å²) in [5.41, 5.74) is 1.35. The Morgan fingerprint density at radius 2 is 1.82 bits per heavy atom. The zero-order valence-electron chi connectivity index (χ0n) is 16.2. The van der Waals surface area contributed by atoms with Crippen molar-refractivity contribution in [1.82, 2.24) is 0 Å². The van der Waals surface area contributed by atoms with Gasteiger partial charge in [0, 0.05) is 30.4 Å². The number of methoxy groups -OCH3 is 2. The van der Waals surface area contributed by atoms with Crippen LogP contribution in [-0.4, -0.2) is 39.2 Å². The molecule has 0 radical (unpaired) electrons. The summed E-state index contributed by atoms with van der Waals surface area (Å²) < 4.78 is 15.9. The highest BCUT2D eigenvalue weighted by Crippen LogP contribution is 2.31. The molecule has 1 aliphatic rings. The van der Waals surface area contributed by atoms with Gasteiger partial charge in [-0.1, -0.05) is 0 Å².